The molecule has 0 radical (unpaired) electrons. The summed E-state index contributed by atoms with van der Waals surface area (Å²) >= 11 is 0. The van der Waals surface area contributed by atoms with Gasteiger partial charge < -0.3 is 24.7 Å². The molecule has 0 saturated carbocycles. The average molecular weight is 385 g/mol. The maximum absolute atomic E-state index is 13.7. The number of aliphatic hydroxyl groups is 1. The third-order valence-electron chi connectivity index (χ3n) is 3.92. The summed E-state index contributed by atoms with van der Waals surface area (Å²) in [4.78, 5) is 16.8. The molecule has 4 heterocycles. The van der Waals surface area contributed by atoms with E-state index in [9.17, 15) is 9.50 Å². The Hall–Kier alpha value is -3.60. The van der Waals surface area contributed by atoms with Crippen LogP contribution in [0.5, 0.6) is 6.01 Å². The van der Waals surface area contributed by atoms with E-state index in [0.29, 0.717) is 40.6 Å². The number of aromatic nitrogens is 6. The highest BCUT2D eigenvalue weighted by molar-refractivity contribution is 5.85. The number of hydrogen-bond donors (Lipinski definition) is 2. The zero-order valence-electron chi connectivity index (χ0n) is 14.8. The van der Waals surface area contributed by atoms with Gasteiger partial charge in [-0.3, -0.25) is 4.98 Å². The molecule has 0 amide bonds. The molecule has 10 nitrogen and oxygen atoms in total. The molecule has 0 spiro atoms. The second kappa shape index (κ2) is 7.19. The molecular formula is C17H16FN7O3. The number of imidazole rings is 1. The predicted molar refractivity (Wildman–Crippen MR) is 95.6 cm³/mol. The summed E-state index contributed by atoms with van der Waals surface area (Å²) in [6, 6.07) is 3.01. The quantitative estimate of drug-likeness (QED) is 0.506. The molecule has 0 bridgehead atoms. The van der Waals surface area contributed by atoms with Crippen LogP contribution in [0.1, 0.15) is 18.4 Å². The fourth-order valence-corrected chi connectivity index (χ4v) is 2.76. The average Bonchev–Trinajstić information content (AvgIpc) is 3.28. The smallest absolute Gasteiger partial charge is 0.320 e. The molecule has 3 N–H and O–H groups in total. The van der Waals surface area contributed by atoms with Crippen molar-refractivity contribution in [2.75, 3.05) is 12.3 Å². The van der Waals surface area contributed by atoms with Gasteiger partial charge in [-0.1, -0.05) is 5.16 Å². The summed E-state index contributed by atoms with van der Waals surface area (Å²) in [5, 5.41) is 13.0. The molecule has 0 unspecified atom stereocenters. The number of halogens is 1. The number of nitrogens with two attached hydrogens (primary N) is 1. The summed E-state index contributed by atoms with van der Waals surface area (Å²) in [5.74, 6) is 0.446. The Morgan fingerprint density at radius 3 is 2.82 bits per heavy atom. The molecular weight excluding hydrogens is 369 g/mol. The molecule has 4 aromatic rings. The van der Waals surface area contributed by atoms with Crippen molar-refractivity contribution in [3.63, 3.8) is 0 Å². The summed E-state index contributed by atoms with van der Waals surface area (Å²) < 4.78 is 26.0. The van der Waals surface area contributed by atoms with Gasteiger partial charge in [0.25, 0.3) is 0 Å². The molecule has 0 aromatic carbocycles. The number of fused-ring (bicyclic) bond motifs is 1. The summed E-state index contributed by atoms with van der Waals surface area (Å²) in [6.07, 6.45) is 2.58. The number of ether oxygens (including phenoxy) is 1. The van der Waals surface area contributed by atoms with Gasteiger partial charge in [0.2, 0.25) is 0 Å². The Morgan fingerprint density at radius 1 is 1.25 bits per heavy atom. The van der Waals surface area contributed by atoms with Crippen LogP contribution in [0.2, 0.25) is 0 Å². The number of nitrogens with zero attached hydrogens (tertiary/aromatic N) is 6. The van der Waals surface area contributed by atoms with Crippen molar-refractivity contribution < 1.29 is 18.8 Å². The number of aliphatic hydroxyl groups excluding tert-OH is 1. The molecule has 0 saturated heterocycles. The second-order valence-electron chi connectivity index (χ2n) is 5.85. The lowest BCUT2D eigenvalue weighted by molar-refractivity contribution is 0.265. The molecule has 0 aliphatic heterocycles. The molecule has 0 aliphatic carbocycles. The highest BCUT2D eigenvalue weighted by Gasteiger charge is 2.20. The maximum atomic E-state index is 13.7. The van der Waals surface area contributed by atoms with Crippen molar-refractivity contribution >= 4 is 17.0 Å². The van der Waals surface area contributed by atoms with E-state index in [1.165, 1.54) is 12.3 Å². The lowest BCUT2D eigenvalue weighted by Gasteiger charge is -2.07. The van der Waals surface area contributed by atoms with Crippen LogP contribution in [0.4, 0.5) is 10.2 Å². The third-order valence-corrected chi connectivity index (χ3v) is 3.92. The summed E-state index contributed by atoms with van der Waals surface area (Å²) in [5.41, 5.74) is 7.57. The molecule has 144 valence electrons. The SMILES string of the molecule is CCOc1nc(N)c2nc(-c3cncc(F)c3)n(Cc3cc(CO)no3)c2n1. The maximum Gasteiger partial charge on any atom is 0.320 e. The molecule has 0 fully saturated rings. The minimum Gasteiger partial charge on any atom is -0.464 e. The number of pyridine rings is 1. The Labute approximate surface area is 157 Å². The van der Waals surface area contributed by atoms with Crippen molar-refractivity contribution in [2.45, 2.75) is 20.1 Å². The van der Waals surface area contributed by atoms with E-state index < -0.39 is 5.82 Å². The van der Waals surface area contributed by atoms with Gasteiger partial charge in [-0.25, -0.2) is 9.37 Å². The molecule has 4 rings (SSSR count). The van der Waals surface area contributed by atoms with Gasteiger partial charge in [-0.15, -0.1) is 0 Å². The van der Waals surface area contributed by atoms with Gasteiger partial charge in [-0.2, -0.15) is 9.97 Å². The van der Waals surface area contributed by atoms with Gasteiger partial charge in [0.1, 0.15) is 17.3 Å². The van der Waals surface area contributed by atoms with Crippen LogP contribution in [-0.4, -0.2) is 41.4 Å². The fraction of sp³-hybridized carbons (Fsp3) is 0.235. The second-order valence-corrected chi connectivity index (χ2v) is 5.85. The van der Waals surface area contributed by atoms with Crippen molar-refractivity contribution in [1.29, 1.82) is 0 Å². The molecule has 28 heavy (non-hydrogen) atoms. The van der Waals surface area contributed by atoms with Crippen molar-refractivity contribution in [3.05, 3.63) is 41.8 Å². The van der Waals surface area contributed by atoms with Gasteiger partial charge in [0, 0.05) is 17.8 Å². The fourth-order valence-electron chi connectivity index (χ4n) is 2.76. The van der Waals surface area contributed by atoms with Crippen LogP contribution in [0.3, 0.4) is 0 Å². The molecule has 0 aliphatic rings. The van der Waals surface area contributed by atoms with E-state index in [-0.39, 0.29) is 25.0 Å². The highest BCUT2D eigenvalue weighted by atomic mass is 19.1. The van der Waals surface area contributed by atoms with Crippen LogP contribution in [-0.2, 0) is 13.2 Å². The molecule has 11 heteroatoms. The first kappa shape index (κ1) is 17.8. The Bertz CT molecular complexity index is 1140. The van der Waals surface area contributed by atoms with Crippen LogP contribution < -0.4 is 10.5 Å². The first-order valence-electron chi connectivity index (χ1n) is 8.41. The standard InChI is InChI=1S/C17H16FN7O3/c1-2-27-17-22-14(19)13-16(23-17)25(7-12-4-11(8-26)24-28-12)15(21-13)9-3-10(18)6-20-5-9/h3-6,26H,2,7-8H2,1H3,(H2,19,22,23). The number of nitrogen functional groups attached to an aromatic ring is 1. The van der Waals surface area contributed by atoms with E-state index in [1.807, 2.05) is 0 Å². The largest absolute Gasteiger partial charge is 0.464 e. The van der Waals surface area contributed by atoms with Crippen molar-refractivity contribution in [3.8, 4) is 17.4 Å². The Kier molecular flexibility index (Phi) is 4.57. The van der Waals surface area contributed by atoms with Crippen LogP contribution in [0.25, 0.3) is 22.6 Å². The van der Waals surface area contributed by atoms with E-state index >= 15 is 0 Å². The van der Waals surface area contributed by atoms with Gasteiger partial charge in [0.15, 0.2) is 22.7 Å². The van der Waals surface area contributed by atoms with E-state index in [4.69, 9.17) is 15.0 Å². The molecule has 4 aromatic heterocycles. The predicted octanol–water partition coefficient (Wildman–Crippen LogP) is 1.54. The van der Waals surface area contributed by atoms with Gasteiger partial charge in [0.05, 0.1) is 26.0 Å². The first-order valence-corrected chi connectivity index (χ1v) is 8.41. The third kappa shape index (κ3) is 3.22. The summed E-state index contributed by atoms with van der Waals surface area (Å²) in [7, 11) is 0. The van der Waals surface area contributed by atoms with E-state index in [2.05, 4.69) is 25.1 Å². The Balaban J connectivity index is 1.92. The van der Waals surface area contributed by atoms with Crippen LogP contribution in [0, 0.1) is 5.82 Å². The van der Waals surface area contributed by atoms with Crippen molar-refractivity contribution in [2.24, 2.45) is 0 Å². The monoisotopic (exact) mass is 385 g/mol. The lowest BCUT2D eigenvalue weighted by Crippen LogP contribution is -2.06. The normalized spacial score (nSPS) is 11.2. The summed E-state index contributed by atoms with van der Waals surface area (Å²) in [6.45, 7) is 2.08. The highest BCUT2D eigenvalue weighted by Crippen LogP contribution is 2.28. The van der Waals surface area contributed by atoms with Crippen LogP contribution >= 0.6 is 0 Å². The molecule has 0 atom stereocenters. The minimum atomic E-state index is -0.507. The Morgan fingerprint density at radius 2 is 2.11 bits per heavy atom. The number of rotatable bonds is 6. The first-order chi connectivity index (χ1) is 13.6. The van der Waals surface area contributed by atoms with Gasteiger partial charge in [-0.05, 0) is 13.0 Å². The van der Waals surface area contributed by atoms with Gasteiger partial charge >= 0.3 is 6.01 Å². The van der Waals surface area contributed by atoms with Crippen molar-refractivity contribution in [1.82, 2.24) is 29.7 Å². The van der Waals surface area contributed by atoms with E-state index in [0.717, 1.165) is 6.20 Å². The van der Waals surface area contributed by atoms with E-state index in [1.54, 1.807) is 17.6 Å². The minimum absolute atomic E-state index is 0.103. The van der Waals surface area contributed by atoms with Crippen LogP contribution in [0.15, 0.2) is 29.0 Å². The topological polar surface area (TPSA) is 138 Å². The zero-order chi connectivity index (χ0) is 19.7. The zero-order valence-corrected chi connectivity index (χ0v) is 14.8. The lowest BCUT2D eigenvalue weighted by atomic mass is 10.2. The number of hydrogen-bond acceptors (Lipinski definition) is 9. The number of anilines is 1.